The lowest BCUT2D eigenvalue weighted by Crippen LogP contribution is -2.53. The first-order chi connectivity index (χ1) is 10.2. The standard InChI is InChI=1S/C17H24N2O2/c1-18(12-16(20)13-9-10-13)15-8-5-11-19(17(15)21)14-6-3-2-4-7-14/h2-4,6-7,13,15-16,20H,5,8-12H2,1H3. The Morgan fingerprint density at radius 2 is 2.00 bits per heavy atom. The van der Waals surface area contributed by atoms with E-state index in [0.717, 1.165) is 37.9 Å². The predicted molar refractivity (Wildman–Crippen MR) is 83.2 cm³/mol. The van der Waals surface area contributed by atoms with Crippen LogP contribution in [-0.2, 0) is 4.79 Å². The lowest BCUT2D eigenvalue weighted by Gasteiger charge is -2.37. The summed E-state index contributed by atoms with van der Waals surface area (Å²) < 4.78 is 0. The summed E-state index contributed by atoms with van der Waals surface area (Å²) in [7, 11) is 1.96. The molecule has 1 saturated carbocycles. The van der Waals surface area contributed by atoms with Crippen LogP contribution in [0.15, 0.2) is 30.3 Å². The van der Waals surface area contributed by atoms with Crippen molar-refractivity contribution in [3.05, 3.63) is 30.3 Å². The molecule has 0 spiro atoms. The molecule has 2 atom stereocenters. The molecule has 0 radical (unpaired) electrons. The molecule has 1 aromatic carbocycles. The quantitative estimate of drug-likeness (QED) is 0.900. The Bertz CT molecular complexity index is 487. The Morgan fingerprint density at radius 3 is 2.67 bits per heavy atom. The Hall–Kier alpha value is -1.39. The van der Waals surface area contributed by atoms with Gasteiger partial charge >= 0.3 is 0 Å². The zero-order valence-corrected chi connectivity index (χ0v) is 12.6. The second-order valence-corrected chi connectivity index (χ2v) is 6.33. The van der Waals surface area contributed by atoms with Gasteiger partial charge in [-0.3, -0.25) is 9.69 Å². The Balaban J connectivity index is 1.66. The van der Waals surface area contributed by atoms with Gasteiger partial charge in [-0.1, -0.05) is 18.2 Å². The number of benzene rings is 1. The van der Waals surface area contributed by atoms with Gasteiger partial charge in [0.2, 0.25) is 5.91 Å². The average Bonchev–Trinajstić information content (AvgIpc) is 3.33. The molecule has 21 heavy (non-hydrogen) atoms. The number of amides is 1. The second-order valence-electron chi connectivity index (χ2n) is 6.33. The molecule has 0 aromatic heterocycles. The van der Waals surface area contributed by atoms with E-state index in [9.17, 15) is 9.90 Å². The fourth-order valence-corrected chi connectivity index (χ4v) is 3.18. The molecule has 1 heterocycles. The van der Waals surface area contributed by atoms with Crippen molar-refractivity contribution in [1.82, 2.24) is 4.90 Å². The van der Waals surface area contributed by atoms with Crippen LogP contribution < -0.4 is 4.90 Å². The van der Waals surface area contributed by atoms with Gasteiger partial charge in [0.1, 0.15) is 0 Å². The van der Waals surface area contributed by atoms with Gasteiger partial charge in [-0.25, -0.2) is 0 Å². The van der Waals surface area contributed by atoms with Crippen LogP contribution in [0.3, 0.4) is 0 Å². The van der Waals surface area contributed by atoms with Gasteiger partial charge in [0.05, 0.1) is 12.1 Å². The minimum Gasteiger partial charge on any atom is -0.392 e. The highest BCUT2D eigenvalue weighted by atomic mass is 16.3. The van der Waals surface area contributed by atoms with E-state index in [2.05, 4.69) is 0 Å². The third-order valence-corrected chi connectivity index (χ3v) is 4.65. The summed E-state index contributed by atoms with van der Waals surface area (Å²) >= 11 is 0. The largest absolute Gasteiger partial charge is 0.392 e. The number of hydrogen-bond donors (Lipinski definition) is 1. The molecule has 4 heteroatoms. The molecule has 1 saturated heterocycles. The minimum absolute atomic E-state index is 0.104. The number of para-hydroxylation sites is 1. The zero-order valence-electron chi connectivity index (χ0n) is 12.6. The highest BCUT2D eigenvalue weighted by Gasteiger charge is 2.36. The number of anilines is 1. The van der Waals surface area contributed by atoms with Crippen LogP contribution in [0.25, 0.3) is 0 Å². The van der Waals surface area contributed by atoms with E-state index in [1.807, 2.05) is 47.2 Å². The van der Waals surface area contributed by atoms with Gasteiger partial charge in [0, 0.05) is 18.8 Å². The van der Waals surface area contributed by atoms with E-state index in [1.165, 1.54) is 0 Å². The maximum absolute atomic E-state index is 12.7. The van der Waals surface area contributed by atoms with Crippen molar-refractivity contribution < 1.29 is 9.90 Å². The number of aliphatic hydroxyl groups excluding tert-OH is 1. The lowest BCUT2D eigenvalue weighted by atomic mass is 10.0. The van der Waals surface area contributed by atoms with Crippen LogP contribution in [0, 0.1) is 5.92 Å². The summed E-state index contributed by atoms with van der Waals surface area (Å²) in [5, 5.41) is 10.1. The van der Waals surface area contributed by atoms with E-state index >= 15 is 0 Å². The van der Waals surface area contributed by atoms with Crippen molar-refractivity contribution in [2.45, 2.75) is 37.8 Å². The summed E-state index contributed by atoms with van der Waals surface area (Å²) in [5.74, 6) is 0.620. The molecule has 1 aliphatic carbocycles. The van der Waals surface area contributed by atoms with Crippen LogP contribution >= 0.6 is 0 Å². The monoisotopic (exact) mass is 288 g/mol. The molecule has 1 amide bonds. The van der Waals surface area contributed by atoms with Gasteiger partial charge in [-0.2, -0.15) is 0 Å². The summed E-state index contributed by atoms with van der Waals surface area (Å²) in [6.07, 6.45) is 3.87. The van der Waals surface area contributed by atoms with Crippen molar-refractivity contribution in [3.63, 3.8) is 0 Å². The van der Waals surface area contributed by atoms with Crippen LogP contribution in [0.4, 0.5) is 5.69 Å². The molecule has 1 aliphatic heterocycles. The molecule has 4 nitrogen and oxygen atoms in total. The van der Waals surface area contributed by atoms with E-state index in [4.69, 9.17) is 0 Å². The average molecular weight is 288 g/mol. The highest BCUT2D eigenvalue weighted by Crippen LogP contribution is 2.33. The second kappa shape index (κ2) is 6.16. The van der Waals surface area contributed by atoms with Gasteiger partial charge in [-0.15, -0.1) is 0 Å². The van der Waals surface area contributed by atoms with Crippen LogP contribution in [-0.4, -0.2) is 48.2 Å². The van der Waals surface area contributed by atoms with Crippen LogP contribution in [0.1, 0.15) is 25.7 Å². The number of hydrogen-bond acceptors (Lipinski definition) is 3. The third kappa shape index (κ3) is 3.27. The molecule has 1 aromatic rings. The van der Waals surface area contributed by atoms with Crippen molar-refractivity contribution in [2.24, 2.45) is 5.92 Å². The summed E-state index contributed by atoms with van der Waals surface area (Å²) in [5.41, 5.74) is 0.975. The SMILES string of the molecule is CN(CC(O)C1CC1)C1CCCN(c2ccccc2)C1=O. The van der Waals surface area contributed by atoms with Crippen molar-refractivity contribution >= 4 is 11.6 Å². The number of carbonyl (C=O) groups excluding carboxylic acids is 1. The molecule has 2 unspecified atom stereocenters. The van der Waals surface area contributed by atoms with Crippen molar-refractivity contribution in [2.75, 3.05) is 25.0 Å². The lowest BCUT2D eigenvalue weighted by molar-refractivity contribution is -0.125. The van der Waals surface area contributed by atoms with E-state index < -0.39 is 0 Å². The third-order valence-electron chi connectivity index (χ3n) is 4.65. The first-order valence-electron chi connectivity index (χ1n) is 7.91. The molecule has 0 bridgehead atoms. The predicted octanol–water partition coefficient (Wildman–Crippen LogP) is 1.88. The number of rotatable bonds is 5. The molecule has 3 rings (SSSR count). The maximum Gasteiger partial charge on any atom is 0.244 e. The number of likely N-dealkylation sites (N-methyl/N-ethyl adjacent to an activating group) is 1. The Labute approximate surface area is 126 Å². The molecular weight excluding hydrogens is 264 g/mol. The van der Waals surface area contributed by atoms with E-state index in [1.54, 1.807) is 0 Å². The van der Waals surface area contributed by atoms with E-state index in [0.29, 0.717) is 12.5 Å². The van der Waals surface area contributed by atoms with Crippen LogP contribution in [0.5, 0.6) is 0 Å². The number of nitrogens with zero attached hydrogens (tertiary/aromatic N) is 2. The summed E-state index contributed by atoms with van der Waals surface area (Å²) in [4.78, 5) is 16.7. The van der Waals surface area contributed by atoms with Crippen molar-refractivity contribution in [3.8, 4) is 0 Å². The molecule has 2 aliphatic rings. The van der Waals surface area contributed by atoms with Crippen molar-refractivity contribution in [1.29, 1.82) is 0 Å². The first-order valence-corrected chi connectivity index (χ1v) is 7.91. The Morgan fingerprint density at radius 1 is 1.29 bits per heavy atom. The smallest absolute Gasteiger partial charge is 0.244 e. The van der Waals surface area contributed by atoms with Gasteiger partial charge in [-0.05, 0) is 50.8 Å². The summed E-state index contributed by atoms with van der Waals surface area (Å²) in [6, 6.07) is 9.76. The molecule has 1 N–H and O–H groups in total. The number of piperidine rings is 1. The first kappa shape index (κ1) is 14.5. The van der Waals surface area contributed by atoms with E-state index in [-0.39, 0.29) is 18.1 Å². The topological polar surface area (TPSA) is 43.8 Å². The summed E-state index contributed by atoms with van der Waals surface area (Å²) in [6.45, 7) is 1.39. The number of carbonyl (C=O) groups is 1. The van der Waals surface area contributed by atoms with Gasteiger partial charge in [0.25, 0.3) is 0 Å². The molecule has 114 valence electrons. The zero-order chi connectivity index (χ0) is 14.8. The number of aliphatic hydroxyl groups is 1. The fourth-order valence-electron chi connectivity index (χ4n) is 3.18. The molecular formula is C17H24N2O2. The van der Waals surface area contributed by atoms with Gasteiger partial charge in [0.15, 0.2) is 0 Å². The highest BCUT2D eigenvalue weighted by molar-refractivity contribution is 5.97. The fraction of sp³-hybridized carbons (Fsp3) is 0.588. The minimum atomic E-state index is -0.282. The maximum atomic E-state index is 12.7. The molecule has 2 fully saturated rings. The van der Waals surface area contributed by atoms with Gasteiger partial charge < -0.3 is 10.0 Å². The normalized spacial score (nSPS) is 24.4. The Kier molecular flexibility index (Phi) is 4.27. The van der Waals surface area contributed by atoms with Crippen LogP contribution in [0.2, 0.25) is 0 Å².